The van der Waals surface area contributed by atoms with E-state index < -0.39 is 0 Å². The van der Waals surface area contributed by atoms with Crippen LogP contribution in [0, 0.1) is 6.92 Å². The molecule has 6 nitrogen and oxygen atoms in total. The second kappa shape index (κ2) is 9.06. The van der Waals surface area contributed by atoms with E-state index in [1.54, 1.807) is 20.3 Å². The van der Waals surface area contributed by atoms with E-state index in [9.17, 15) is 9.59 Å². The molecular formula is C24H26N2O4S. The van der Waals surface area contributed by atoms with Crippen LogP contribution in [0.3, 0.4) is 0 Å². The van der Waals surface area contributed by atoms with Crippen molar-refractivity contribution in [2.24, 2.45) is 0 Å². The van der Waals surface area contributed by atoms with E-state index in [0.29, 0.717) is 16.2 Å². The van der Waals surface area contributed by atoms with Crippen LogP contribution >= 0.6 is 11.8 Å². The van der Waals surface area contributed by atoms with Gasteiger partial charge in [-0.15, -0.1) is 0 Å². The van der Waals surface area contributed by atoms with Gasteiger partial charge in [-0.05, 0) is 49.2 Å². The SMILES string of the molecule is COc1cc(N2CCCC2)c(OC)cc1/C=C1\SC(=O)N(Cc2ccc(C)cc2)C1=O. The third kappa shape index (κ3) is 4.42. The van der Waals surface area contributed by atoms with E-state index in [4.69, 9.17) is 9.47 Å². The molecule has 0 aliphatic carbocycles. The van der Waals surface area contributed by atoms with E-state index in [1.165, 1.54) is 4.90 Å². The van der Waals surface area contributed by atoms with Crippen LogP contribution in [0.15, 0.2) is 41.3 Å². The van der Waals surface area contributed by atoms with Crippen LogP contribution in [0.2, 0.25) is 0 Å². The summed E-state index contributed by atoms with van der Waals surface area (Å²) in [4.78, 5) is 29.4. The highest BCUT2D eigenvalue weighted by atomic mass is 32.2. The molecule has 4 rings (SSSR count). The topological polar surface area (TPSA) is 59.1 Å². The number of carbonyl (C=O) groups is 2. The molecule has 0 unspecified atom stereocenters. The van der Waals surface area contributed by atoms with Crippen molar-refractivity contribution in [1.29, 1.82) is 0 Å². The number of nitrogens with zero attached hydrogens (tertiary/aromatic N) is 2. The third-order valence-electron chi connectivity index (χ3n) is 5.60. The molecular weight excluding hydrogens is 412 g/mol. The van der Waals surface area contributed by atoms with Gasteiger partial charge in [-0.1, -0.05) is 29.8 Å². The van der Waals surface area contributed by atoms with Crippen molar-refractivity contribution in [2.45, 2.75) is 26.3 Å². The van der Waals surface area contributed by atoms with E-state index in [-0.39, 0.29) is 17.7 Å². The fourth-order valence-corrected chi connectivity index (χ4v) is 4.71. The van der Waals surface area contributed by atoms with E-state index in [2.05, 4.69) is 4.90 Å². The standard InChI is InChI=1S/C24H26N2O4S/c1-16-6-8-17(9-7-16)15-26-23(27)22(31-24(26)28)13-18-12-21(30-3)19(14-20(18)29-2)25-10-4-5-11-25/h6-9,12-14H,4-5,10-11,15H2,1-3H3/b22-13-. The van der Waals surface area contributed by atoms with Crippen LogP contribution in [0.4, 0.5) is 10.5 Å². The molecule has 2 aromatic rings. The lowest BCUT2D eigenvalue weighted by atomic mass is 10.1. The number of methoxy groups -OCH3 is 2. The van der Waals surface area contributed by atoms with Crippen molar-refractivity contribution in [1.82, 2.24) is 4.90 Å². The maximum Gasteiger partial charge on any atom is 0.293 e. The maximum absolute atomic E-state index is 13.0. The molecule has 2 aliphatic rings. The van der Waals surface area contributed by atoms with Crippen LogP contribution in [-0.2, 0) is 11.3 Å². The lowest BCUT2D eigenvalue weighted by molar-refractivity contribution is -0.123. The molecule has 0 radical (unpaired) electrons. The smallest absolute Gasteiger partial charge is 0.293 e. The van der Waals surface area contributed by atoms with Crippen molar-refractivity contribution in [2.75, 3.05) is 32.2 Å². The number of ether oxygens (including phenoxy) is 2. The Bertz CT molecular complexity index is 1030. The Morgan fingerprint density at radius 1 is 1.00 bits per heavy atom. The summed E-state index contributed by atoms with van der Waals surface area (Å²) in [6.45, 7) is 4.23. The molecule has 2 heterocycles. The molecule has 2 aliphatic heterocycles. The van der Waals surface area contributed by atoms with Crippen LogP contribution in [0.5, 0.6) is 11.5 Å². The minimum atomic E-state index is -0.291. The van der Waals surface area contributed by atoms with Crippen LogP contribution in [-0.4, -0.2) is 43.4 Å². The molecule has 7 heteroatoms. The third-order valence-corrected chi connectivity index (χ3v) is 6.51. The van der Waals surface area contributed by atoms with Crippen molar-refractivity contribution in [3.63, 3.8) is 0 Å². The Morgan fingerprint density at radius 3 is 2.32 bits per heavy atom. The Morgan fingerprint density at radius 2 is 1.68 bits per heavy atom. The molecule has 162 valence electrons. The normalized spacial score (nSPS) is 17.7. The summed E-state index contributed by atoms with van der Waals surface area (Å²) >= 11 is 0.953. The summed E-state index contributed by atoms with van der Waals surface area (Å²) in [5.41, 5.74) is 3.75. The number of benzene rings is 2. The summed E-state index contributed by atoms with van der Waals surface area (Å²) in [6.07, 6.45) is 4.03. The van der Waals surface area contributed by atoms with Crippen molar-refractivity contribution in [3.05, 3.63) is 58.0 Å². The molecule has 31 heavy (non-hydrogen) atoms. The van der Waals surface area contributed by atoms with Gasteiger partial charge in [0.25, 0.3) is 11.1 Å². The van der Waals surface area contributed by atoms with Gasteiger partial charge in [0.15, 0.2) is 0 Å². The molecule has 0 atom stereocenters. The summed E-state index contributed by atoms with van der Waals surface area (Å²) < 4.78 is 11.2. The van der Waals surface area contributed by atoms with Gasteiger partial charge in [0.1, 0.15) is 11.5 Å². The first-order chi connectivity index (χ1) is 15.0. The minimum Gasteiger partial charge on any atom is -0.496 e. The van der Waals surface area contributed by atoms with Gasteiger partial charge in [-0.2, -0.15) is 0 Å². The van der Waals surface area contributed by atoms with E-state index in [1.807, 2.05) is 43.3 Å². The molecule has 0 aromatic heterocycles. The van der Waals surface area contributed by atoms with Gasteiger partial charge in [0.05, 0.1) is 31.4 Å². The number of hydrogen-bond acceptors (Lipinski definition) is 6. The molecule has 2 amide bonds. The number of rotatable bonds is 6. The van der Waals surface area contributed by atoms with Gasteiger partial charge < -0.3 is 14.4 Å². The van der Waals surface area contributed by atoms with Gasteiger partial charge in [0.2, 0.25) is 0 Å². The second-order valence-electron chi connectivity index (χ2n) is 7.71. The zero-order valence-electron chi connectivity index (χ0n) is 18.0. The zero-order chi connectivity index (χ0) is 22.0. The van der Waals surface area contributed by atoms with Gasteiger partial charge >= 0.3 is 0 Å². The summed E-state index contributed by atoms with van der Waals surface area (Å²) in [5.74, 6) is 1.08. The fraction of sp³-hybridized carbons (Fsp3) is 0.333. The number of carbonyl (C=O) groups excluding carboxylic acids is 2. The molecule has 0 saturated carbocycles. The van der Waals surface area contributed by atoms with Crippen LogP contribution in [0.25, 0.3) is 6.08 Å². The second-order valence-corrected chi connectivity index (χ2v) is 8.71. The zero-order valence-corrected chi connectivity index (χ0v) is 18.8. The Kier molecular flexibility index (Phi) is 6.23. The highest BCUT2D eigenvalue weighted by Gasteiger charge is 2.35. The van der Waals surface area contributed by atoms with Gasteiger partial charge in [-0.25, -0.2) is 0 Å². The molecule has 2 fully saturated rings. The minimum absolute atomic E-state index is 0.261. The summed E-state index contributed by atoms with van der Waals surface area (Å²) in [5, 5.41) is -0.267. The van der Waals surface area contributed by atoms with E-state index >= 15 is 0 Å². The molecule has 2 aromatic carbocycles. The van der Waals surface area contributed by atoms with Gasteiger partial charge in [0, 0.05) is 24.7 Å². The number of imide groups is 1. The Hall–Kier alpha value is -2.93. The lowest BCUT2D eigenvalue weighted by Gasteiger charge is -2.22. The average Bonchev–Trinajstić information content (AvgIpc) is 3.39. The first-order valence-corrected chi connectivity index (χ1v) is 11.1. The molecule has 0 spiro atoms. The largest absolute Gasteiger partial charge is 0.496 e. The molecule has 0 N–H and O–H groups in total. The number of anilines is 1. The number of aryl methyl sites for hydroxylation is 1. The molecule has 0 bridgehead atoms. The quantitative estimate of drug-likeness (QED) is 0.601. The highest BCUT2D eigenvalue weighted by Crippen LogP contribution is 2.40. The average molecular weight is 439 g/mol. The first-order valence-electron chi connectivity index (χ1n) is 10.3. The van der Waals surface area contributed by atoms with Crippen LogP contribution in [0.1, 0.15) is 29.5 Å². The Labute approximate surface area is 186 Å². The fourth-order valence-electron chi connectivity index (χ4n) is 3.88. The molecule has 2 saturated heterocycles. The number of hydrogen-bond donors (Lipinski definition) is 0. The van der Waals surface area contributed by atoms with E-state index in [0.717, 1.165) is 60.3 Å². The van der Waals surface area contributed by atoms with Crippen molar-refractivity contribution < 1.29 is 19.1 Å². The highest BCUT2D eigenvalue weighted by molar-refractivity contribution is 8.18. The number of amides is 2. The van der Waals surface area contributed by atoms with Crippen LogP contribution < -0.4 is 14.4 Å². The maximum atomic E-state index is 13.0. The summed E-state index contributed by atoms with van der Waals surface area (Å²) in [7, 11) is 3.25. The van der Waals surface area contributed by atoms with Gasteiger partial charge in [-0.3, -0.25) is 14.5 Å². The lowest BCUT2D eigenvalue weighted by Crippen LogP contribution is -2.27. The summed E-state index contributed by atoms with van der Waals surface area (Å²) in [6, 6.07) is 11.7. The first kappa shape index (κ1) is 21.3. The monoisotopic (exact) mass is 438 g/mol. The number of thioether (sulfide) groups is 1. The predicted octanol–water partition coefficient (Wildman–Crippen LogP) is 4.85. The predicted molar refractivity (Wildman–Crippen MR) is 124 cm³/mol. The van der Waals surface area contributed by atoms with Crippen molar-refractivity contribution in [3.8, 4) is 11.5 Å². The van der Waals surface area contributed by atoms with Crippen molar-refractivity contribution >= 4 is 34.7 Å². The Balaban J connectivity index is 1.62.